The number of aryl methyl sites for hydroxylation is 1. The molecular weight excluding hydrogens is 486 g/mol. The minimum absolute atomic E-state index is 0.206. The zero-order valence-electron chi connectivity index (χ0n) is 19.8. The number of imidazole rings is 1. The van der Waals surface area contributed by atoms with Crippen molar-refractivity contribution in [3.8, 4) is 11.1 Å². The number of thioether (sulfide) groups is 1. The number of nitrogens with zero attached hydrogens (tertiary/aromatic N) is 3. The lowest BCUT2D eigenvalue weighted by molar-refractivity contribution is 0.186. The molecule has 0 atom stereocenters. The third kappa shape index (κ3) is 7.00. The Balaban J connectivity index is 0.000000196. The number of nitrogens with one attached hydrogen (secondary N) is 2. The van der Waals surface area contributed by atoms with Crippen LogP contribution in [0.4, 0.5) is 22.5 Å². The van der Waals surface area contributed by atoms with E-state index in [0.29, 0.717) is 16.8 Å². The molecule has 0 radical (unpaired) electrons. The smallest absolute Gasteiger partial charge is 0.413 e. The van der Waals surface area contributed by atoms with E-state index in [1.54, 1.807) is 11.8 Å². The fourth-order valence-electron chi connectivity index (χ4n) is 3.24. The van der Waals surface area contributed by atoms with Crippen LogP contribution in [0.3, 0.4) is 0 Å². The van der Waals surface area contributed by atoms with Gasteiger partial charge in [-0.15, -0.1) is 11.8 Å². The van der Waals surface area contributed by atoms with E-state index in [0.717, 1.165) is 46.4 Å². The number of hydrogen-bond acceptors (Lipinski definition) is 8. The van der Waals surface area contributed by atoms with E-state index in [1.165, 1.54) is 12.0 Å². The van der Waals surface area contributed by atoms with Crippen molar-refractivity contribution in [3.63, 3.8) is 0 Å². The Morgan fingerprint density at radius 3 is 2.51 bits per heavy atom. The molecule has 0 bridgehead atoms. The SMILES string of the molecule is CCCSc1ccc2nc(NC(=O)OC)[nH]c2c1.CCc1nc(N)nc(N)c1-c1ccc(Cl)cc1. The summed E-state index contributed by atoms with van der Waals surface area (Å²) in [6.45, 7) is 4.15. The maximum Gasteiger partial charge on any atom is 0.413 e. The first-order valence-electron chi connectivity index (χ1n) is 11.0. The molecule has 11 heteroatoms. The number of methoxy groups -OCH3 is 1. The van der Waals surface area contributed by atoms with Crippen molar-refractivity contribution in [1.82, 2.24) is 19.9 Å². The van der Waals surface area contributed by atoms with Crippen molar-refractivity contribution < 1.29 is 9.53 Å². The van der Waals surface area contributed by atoms with E-state index in [4.69, 9.17) is 23.1 Å². The third-order valence-corrected chi connectivity index (χ3v) is 6.28. The van der Waals surface area contributed by atoms with Gasteiger partial charge < -0.3 is 21.2 Å². The molecule has 2 heterocycles. The van der Waals surface area contributed by atoms with Crippen LogP contribution in [0.5, 0.6) is 0 Å². The number of hydrogen-bond donors (Lipinski definition) is 4. The molecule has 0 aliphatic carbocycles. The first-order valence-corrected chi connectivity index (χ1v) is 12.4. The number of amides is 1. The largest absolute Gasteiger partial charge is 0.453 e. The van der Waals surface area contributed by atoms with Gasteiger partial charge in [0, 0.05) is 15.5 Å². The van der Waals surface area contributed by atoms with Crippen molar-refractivity contribution in [3.05, 3.63) is 53.2 Å². The molecule has 0 unspecified atom stereocenters. The Morgan fingerprint density at radius 1 is 1.11 bits per heavy atom. The average molecular weight is 514 g/mol. The highest BCUT2D eigenvalue weighted by molar-refractivity contribution is 7.99. The van der Waals surface area contributed by atoms with Crippen molar-refractivity contribution >= 4 is 58.2 Å². The number of carbonyl (C=O) groups excluding carboxylic acids is 1. The van der Waals surface area contributed by atoms with Crippen LogP contribution in [-0.4, -0.2) is 38.9 Å². The first kappa shape index (κ1) is 26.1. The van der Waals surface area contributed by atoms with Crippen LogP contribution in [0.1, 0.15) is 26.0 Å². The average Bonchev–Trinajstić information content (AvgIpc) is 3.24. The summed E-state index contributed by atoms with van der Waals surface area (Å²) in [6.07, 6.45) is 1.35. The molecule has 6 N–H and O–H groups in total. The van der Waals surface area contributed by atoms with Gasteiger partial charge in [0.2, 0.25) is 11.9 Å². The minimum Gasteiger partial charge on any atom is -0.453 e. The number of halogens is 1. The van der Waals surface area contributed by atoms with Crippen molar-refractivity contribution in [1.29, 1.82) is 0 Å². The number of ether oxygens (including phenoxy) is 1. The monoisotopic (exact) mass is 513 g/mol. The Hall–Kier alpha value is -3.50. The first-order chi connectivity index (χ1) is 16.8. The van der Waals surface area contributed by atoms with Crippen molar-refractivity contribution in [2.75, 3.05) is 29.6 Å². The highest BCUT2D eigenvalue weighted by atomic mass is 35.5. The highest BCUT2D eigenvalue weighted by Gasteiger charge is 2.12. The van der Waals surface area contributed by atoms with Gasteiger partial charge in [0.1, 0.15) is 5.82 Å². The number of nitrogens with two attached hydrogens (primary N) is 2. The number of fused-ring (bicyclic) bond motifs is 1. The standard InChI is InChI=1S/C12H13ClN4.C12H15N3O2S/c1-2-9-10(11(14)17-12(15)16-9)7-3-5-8(13)6-4-7;1-3-6-18-8-4-5-9-10(7-8)14-11(13-9)15-12(16)17-2/h3-6H,2H2,1H3,(H4,14,15,16,17);4-5,7H,3,6H2,1-2H3,(H2,13,14,15,16). The predicted octanol–water partition coefficient (Wildman–Crippen LogP) is 5.77. The molecule has 2 aromatic heterocycles. The predicted molar refractivity (Wildman–Crippen MR) is 144 cm³/mol. The van der Waals surface area contributed by atoms with Gasteiger partial charge in [0.05, 0.1) is 23.8 Å². The van der Waals surface area contributed by atoms with Gasteiger partial charge in [0.15, 0.2) is 0 Å². The Morgan fingerprint density at radius 2 is 1.86 bits per heavy atom. The number of H-pyrrole nitrogens is 1. The van der Waals surface area contributed by atoms with Gasteiger partial charge in [0.25, 0.3) is 0 Å². The Labute approximate surface area is 213 Å². The number of carbonyl (C=O) groups is 1. The van der Waals surface area contributed by atoms with E-state index in [9.17, 15) is 4.79 Å². The second-order valence-corrected chi connectivity index (χ2v) is 8.98. The fourth-order valence-corrected chi connectivity index (χ4v) is 4.17. The van der Waals surface area contributed by atoms with Crippen LogP contribution >= 0.6 is 23.4 Å². The molecule has 4 aromatic rings. The Kier molecular flexibility index (Phi) is 9.16. The van der Waals surface area contributed by atoms with Crippen LogP contribution in [0, 0.1) is 0 Å². The fraction of sp³-hybridized carbons (Fsp3) is 0.250. The van der Waals surface area contributed by atoms with E-state index < -0.39 is 6.09 Å². The molecule has 1 amide bonds. The highest BCUT2D eigenvalue weighted by Crippen LogP contribution is 2.29. The maximum absolute atomic E-state index is 11.1. The minimum atomic E-state index is -0.533. The molecule has 0 aliphatic heterocycles. The molecular formula is C24H28ClN7O2S. The second-order valence-electron chi connectivity index (χ2n) is 7.38. The summed E-state index contributed by atoms with van der Waals surface area (Å²) >= 11 is 7.66. The summed E-state index contributed by atoms with van der Waals surface area (Å²) in [6, 6.07) is 13.4. The molecule has 35 heavy (non-hydrogen) atoms. The Bertz CT molecular complexity index is 1300. The van der Waals surface area contributed by atoms with Crippen LogP contribution in [0.15, 0.2) is 47.4 Å². The van der Waals surface area contributed by atoms with Crippen LogP contribution in [-0.2, 0) is 11.2 Å². The third-order valence-electron chi connectivity index (χ3n) is 4.83. The van der Waals surface area contributed by atoms with Gasteiger partial charge in [-0.1, -0.05) is 37.6 Å². The summed E-state index contributed by atoms with van der Waals surface area (Å²) in [5.74, 6) is 2.09. The lowest BCUT2D eigenvalue weighted by Crippen LogP contribution is -2.11. The number of rotatable bonds is 6. The van der Waals surface area contributed by atoms with Gasteiger partial charge in [-0.25, -0.2) is 14.8 Å². The van der Waals surface area contributed by atoms with Crippen molar-refractivity contribution in [2.24, 2.45) is 0 Å². The molecule has 0 fully saturated rings. The van der Waals surface area contributed by atoms with E-state index >= 15 is 0 Å². The summed E-state index contributed by atoms with van der Waals surface area (Å²) in [5.41, 5.74) is 15.8. The van der Waals surface area contributed by atoms with Crippen LogP contribution < -0.4 is 16.8 Å². The number of anilines is 3. The zero-order chi connectivity index (χ0) is 25.4. The maximum atomic E-state index is 11.1. The molecule has 0 aliphatic rings. The number of aromatic nitrogens is 4. The number of aromatic amines is 1. The molecule has 2 aromatic carbocycles. The van der Waals surface area contributed by atoms with Crippen molar-refractivity contribution in [2.45, 2.75) is 31.6 Å². The molecule has 0 spiro atoms. The van der Waals surface area contributed by atoms with Gasteiger partial charge in [-0.3, -0.25) is 5.32 Å². The molecule has 0 saturated carbocycles. The van der Waals surface area contributed by atoms with Gasteiger partial charge in [-0.2, -0.15) is 4.98 Å². The van der Waals surface area contributed by atoms with E-state index in [1.807, 2.05) is 49.4 Å². The van der Waals surface area contributed by atoms with Gasteiger partial charge in [-0.05, 0) is 54.5 Å². The van der Waals surface area contributed by atoms with Gasteiger partial charge >= 0.3 is 6.09 Å². The lowest BCUT2D eigenvalue weighted by atomic mass is 10.0. The van der Waals surface area contributed by atoms with E-state index in [-0.39, 0.29) is 5.95 Å². The lowest BCUT2D eigenvalue weighted by Gasteiger charge is -2.10. The summed E-state index contributed by atoms with van der Waals surface area (Å²) in [7, 11) is 1.32. The quantitative estimate of drug-likeness (QED) is 0.238. The molecule has 9 nitrogen and oxygen atoms in total. The summed E-state index contributed by atoms with van der Waals surface area (Å²) in [4.78, 5) is 27.7. The summed E-state index contributed by atoms with van der Waals surface area (Å²) in [5, 5.41) is 3.19. The number of nitrogen functional groups attached to an aromatic ring is 2. The second kappa shape index (κ2) is 12.3. The number of benzene rings is 2. The van der Waals surface area contributed by atoms with Crippen LogP contribution in [0.25, 0.3) is 22.2 Å². The van der Waals surface area contributed by atoms with E-state index in [2.05, 4.69) is 36.9 Å². The topological polar surface area (TPSA) is 145 Å². The summed E-state index contributed by atoms with van der Waals surface area (Å²) < 4.78 is 4.51. The van der Waals surface area contributed by atoms with Crippen LogP contribution in [0.2, 0.25) is 5.02 Å². The normalized spacial score (nSPS) is 10.5. The molecule has 4 rings (SSSR count). The molecule has 184 valence electrons. The molecule has 0 saturated heterocycles. The zero-order valence-corrected chi connectivity index (χ0v) is 21.3.